The van der Waals surface area contributed by atoms with Gasteiger partial charge in [-0.3, -0.25) is 4.79 Å². The van der Waals surface area contributed by atoms with Gasteiger partial charge in [0.15, 0.2) is 0 Å². The van der Waals surface area contributed by atoms with Crippen molar-refractivity contribution in [2.45, 2.75) is 37.7 Å². The first-order chi connectivity index (χ1) is 7.20. The number of carbonyl (C=O) groups is 1. The summed E-state index contributed by atoms with van der Waals surface area (Å²) < 4.78 is 0. The molecule has 15 heavy (non-hydrogen) atoms. The van der Waals surface area contributed by atoms with Crippen molar-refractivity contribution in [2.75, 3.05) is 19.6 Å². The Bertz CT molecular complexity index is 233. The SMILES string of the molecule is O=C(NCC1(O)CCCCC1)C1CNC1. The number of nitrogens with one attached hydrogen (secondary N) is 2. The van der Waals surface area contributed by atoms with Gasteiger partial charge < -0.3 is 15.7 Å². The molecule has 0 aromatic carbocycles. The minimum Gasteiger partial charge on any atom is -0.388 e. The predicted molar refractivity (Wildman–Crippen MR) is 57.4 cm³/mol. The van der Waals surface area contributed by atoms with E-state index in [0.29, 0.717) is 6.54 Å². The number of aliphatic hydroxyl groups is 1. The van der Waals surface area contributed by atoms with Crippen LogP contribution in [0.25, 0.3) is 0 Å². The van der Waals surface area contributed by atoms with Gasteiger partial charge in [-0.05, 0) is 12.8 Å². The smallest absolute Gasteiger partial charge is 0.225 e. The Balaban J connectivity index is 1.73. The lowest BCUT2D eigenvalue weighted by atomic mass is 9.84. The molecule has 0 atom stereocenters. The van der Waals surface area contributed by atoms with Crippen molar-refractivity contribution in [1.82, 2.24) is 10.6 Å². The number of amides is 1. The van der Waals surface area contributed by atoms with Gasteiger partial charge in [-0.1, -0.05) is 19.3 Å². The van der Waals surface area contributed by atoms with Crippen LogP contribution in [0, 0.1) is 5.92 Å². The van der Waals surface area contributed by atoms with Gasteiger partial charge in [-0.25, -0.2) is 0 Å². The van der Waals surface area contributed by atoms with Crippen molar-refractivity contribution >= 4 is 5.91 Å². The molecule has 2 rings (SSSR count). The Kier molecular flexibility index (Phi) is 3.26. The van der Waals surface area contributed by atoms with Crippen molar-refractivity contribution in [1.29, 1.82) is 0 Å². The Morgan fingerprint density at radius 1 is 1.33 bits per heavy atom. The first kappa shape index (κ1) is 10.9. The zero-order valence-corrected chi connectivity index (χ0v) is 9.09. The Morgan fingerprint density at radius 3 is 2.53 bits per heavy atom. The lowest BCUT2D eigenvalue weighted by Crippen LogP contribution is -2.53. The molecule has 0 spiro atoms. The third-order valence-corrected chi connectivity index (χ3v) is 3.53. The molecule has 3 N–H and O–H groups in total. The van der Waals surface area contributed by atoms with E-state index in [9.17, 15) is 9.90 Å². The van der Waals surface area contributed by atoms with Crippen LogP contribution in [0.2, 0.25) is 0 Å². The van der Waals surface area contributed by atoms with Crippen molar-refractivity contribution in [3.8, 4) is 0 Å². The molecule has 2 aliphatic rings. The van der Waals surface area contributed by atoms with Gasteiger partial charge in [0.05, 0.1) is 11.5 Å². The summed E-state index contributed by atoms with van der Waals surface area (Å²) in [6.45, 7) is 2.00. The van der Waals surface area contributed by atoms with Crippen LogP contribution in [-0.2, 0) is 4.79 Å². The van der Waals surface area contributed by atoms with Crippen LogP contribution in [0.5, 0.6) is 0 Å². The molecule has 1 heterocycles. The molecule has 1 saturated carbocycles. The molecule has 0 aromatic rings. The molecule has 4 heteroatoms. The maximum atomic E-state index is 11.5. The van der Waals surface area contributed by atoms with Crippen molar-refractivity contribution in [3.63, 3.8) is 0 Å². The van der Waals surface area contributed by atoms with E-state index in [1.807, 2.05) is 0 Å². The second kappa shape index (κ2) is 4.49. The third-order valence-electron chi connectivity index (χ3n) is 3.53. The molecule has 1 aliphatic carbocycles. The van der Waals surface area contributed by atoms with Crippen LogP contribution in [0.4, 0.5) is 0 Å². The maximum Gasteiger partial charge on any atom is 0.225 e. The molecule has 2 fully saturated rings. The van der Waals surface area contributed by atoms with E-state index < -0.39 is 5.60 Å². The average molecular weight is 212 g/mol. The lowest BCUT2D eigenvalue weighted by Gasteiger charge is -2.33. The van der Waals surface area contributed by atoms with Gasteiger partial charge >= 0.3 is 0 Å². The quantitative estimate of drug-likeness (QED) is 0.618. The summed E-state index contributed by atoms with van der Waals surface area (Å²) in [5.41, 5.74) is -0.634. The summed E-state index contributed by atoms with van der Waals surface area (Å²) in [6, 6.07) is 0. The average Bonchev–Trinajstić information content (AvgIpc) is 2.14. The van der Waals surface area contributed by atoms with Crippen molar-refractivity contribution < 1.29 is 9.90 Å². The van der Waals surface area contributed by atoms with Crippen LogP contribution < -0.4 is 10.6 Å². The van der Waals surface area contributed by atoms with Gasteiger partial charge in [0.1, 0.15) is 0 Å². The number of hydrogen-bond donors (Lipinski definition) is 3. The lowest BCUT2D eigenvalue weighted by molar-refractivity contribution is -0.128. The highest BCUT2D eigenvalue weighted by atomic mass is 16.3. The van der Waals surface area contributed by atoms with Crippen LogP contribution in [-0.4, -0.2) is 36.2 Å². The maximum absolute atomic E-state index is 11.5. The summed E-state index contributed by atoms with van der Waals surface area (Å²) in [6.07, 6.45) is 5.03. The van der Waals surface area contributed by atoms with Crippen LogP contribution in [0.1, 0.15) is 32.1 Å². The van der Waals surface area contributed by atoms with Gasteiger partial charge in [-0.2, -0.15) is 0 Å². The molecule has 0 radical (unpaired) electrons. The van der Waals surface area contributed by atoms with Crippen molar-refractivity contribution in [2.24, 2.45) is 5.92 Å². The first-order valence-electron chi connectivity index (χ1n) is 5.90. The molecular weight excluding hydrogens is 192 g/mol. The predicted octanol–water partition coefficient (Wildman–Crippen LogP) is 0.0172. The Morgan fingerprint density at radius 2 is 2.00 bits per heavy atom. The molecule has 1 aliphatic heterocycles. The molecule has 0 unspecified atom stereocenters. The van der Waals surface area contributed by atoms with Crippen molar-refractivity contribution in [3.05, 3.63) is 0 Å². The fourth-order valence-corrected chi connectivity index (χ4v) is 2.26. The number of carbonyl (C=O) groups excluding carboxylic acids is 1. The standard InChI is InChI=1S/C11H20N2O2/c14-10(9-6-12-7-9)13-8-11(15)4-2-1-3-5-11/h9,12,15H,1-8H2,(H,13,14). The van der Waals surface area contributed by atoms with E-state index in [0.717, 1.165) is 38.8 Å². The zero-order valence-electron chi connectivity index (χ0n) is 9.09. The van der Waals surface area contributed by atoms with Crippen LogP contribution in [0.3, 0.4) is 0 Å². The Labute approximate surface area is 90.4 Å². The monoisotopic (exact) mass is 212 g/mol. The summed E-state index contributed by atoms with van der Waals surface area (Å²) in [4.78, 5) is 11.5. The molecule has 1 amide bonds. The first-order valence-corrected chi connectivity index (χ1v) is 5.90. The normalized spacial score (nSPS) is 25.7. The van der Waals surface area contributed by atoms with Gasteiger partial charge in [0.25, 0.3) is 0 Å². The van der Waals surface area contributed by atoms with E-state index in [-0.39, 0.29) is 11.8 Å². The summed E-state index contributed by atoms with van der Waals surface area (Å²) >= 11 is 0. The zero-order chi connectivity index (χ0) is 10.7. The second-order valence-corrected chi connectivity index (χ2v) is 4.86. The van der Waals surface area contributed by atoms with Crippen LogP contribution >= 0.6 is 0 Å². The van der Waals surface area contributed by atoms with Crippen LogP contribution in [0.15, 0.2) is 0 Å². The molecule has 0 bridgehead atoms. The molecule has 0 aromatic heterocycles. The summed E-state index contributed by atoms with van der Waals surface area (Å²) in [5, 5.41) is 16.1. The molecule has 1 saturated heterocycles. The second-order valence-electron chi connectivity index (χ2n) is 4.86. The highest BCUT2D eigenvalue weighted by Crippen LogP contribution is 2.27. The highest BCUT2D eigenvalue weighted by Gasteiger charge is 2.31. The van der Waals surface area contributed by atoms with E-state index in [4.69, 9.17) is 0 Å². The fourth-order valence-electron chi connectivity index (χ4n) is 2.26. The van der Waals surface area contributed by atoms with E-state index in [1.54, 1.807) is 0 Å². The van der Waals surface area contributed by atoms with Gasteiger partial charge in [0, 0.05) is 19.6 Å². The minimum atomic E-state index is -0.634. The van der Waals surface area contributed by atoms with E-state index in [1.165, 1.54) is 6.42 Å². The topological polar surface area (TPSA) is 61.4 Å². The van der Waals surface area contributed by atoms with Gasteiger partial charge in [0.2, 0.25) is 5.91 Å². The minimum absolute atomic E-state index is 0.0905. The fraction of sp³-hybridized carbons (Fsp3) is 0.909. The Hall–Kier alpha value is -0.610. The van der Waals surface area contributed by atoms with E-state index >= 15 is 0 Å². The molecular formula is C11H20N2O2. The highest BCUT2D eigenvalue weighted by molar-refractivity contribution is 5.80. The molecule has 86 valence electrons. The summed E-state index contributed by atoms with van der Waals surface area (Å²) in [7, 11) is 0. The largest absolute Gasteiger partial charge is 0.388 e. The number of rotatable bonds is 3. The number of hydrogen-bond acceptors (Lipinski definition) is 3. The van der Waals surface area contributed by atoms with Gasteiger partial charge in [-0.15, -0.1) is 0 Å². The third kappa shape index (κ3) is 2.69. The van der Waals surface area contributed by atoms with E-state index in [2.05, 4.69) is 10.6 Å². The molecule has 4 nitrogen and oxygen atoms in total. The summed E-state index contributed by atoms with van der Waals surface area (Å²) in [5.74, 6) is 0.213.